The number of benzene rings is 2. The van der Waals surface area contributed by atoms with Crippen molar-refractivity contribution in [2.75, 3.05) is 11.5 Å². The number of hydrogen-bond acceptors (Lipinski definition) is 5. The van der Waals surface area contributed by atoms with Gasteiger partial charge in [-0.1, -0.05) is 50.2 Å². The minimum atomic E-state index is -0.732. The number of carbonyl (C=O) groups is 2. The number of amides is 1. The Bertz CT molecular complexity index is 1150. The first-order chi connectivity index (χ1) is 15.5. The van der Waals surface area contributed by atoms with Crippen molar-refractivity contribution in [2.24, 2.45) is 0 Å². The number of Topliss-reactive ketones (excluding diaryl/α,β-unsaturated/α-hetero) is 1. The number of nitrogens with zero attached hydrogens (tertiary/aromatic N) is 1. The first-order valence-corrected chi connectivity index (χ1v) is 11.6. The SMILES string of the molecule is CCCOc1cccc(N2C(=O)C(O)=C(C(=O)c3cccs3)C2c2ccc(CC)cc2)c1. The summed E-state index contributed by atoms with van der Waals surface area (Å²) < 4.78 is 5.74. The minimum absolute atomic E-state index is 0.0987. The fourth-order valence-electron chi connectivity index (χ4n) is 3.84. The first-order valence-electron chi connectivity index (χ1n) is 10.7. The second-order valence-corrected chi connectivity index (χ2v) is 8.54. The molecule has 2 aromatic carbocycles. The van der Waals surface area contributed by atoms with Gasteiger partial charge < -0.3 is 9.84 Å². The van der Waals surface area contributed by atoms with Crippen molar-refractivity contribution < 1.29 is 19.4 Å². The van der Waals surface area contributed by atoms with E-state index in [1.165, 1.54) is 16.2 Å². The van der Waals surface area contributed by atoms with Gasteiger partial charge in [0.2, 0.25) is 5.78 Å². The lowest BCUT2D eigenvalue weighted by Gasteiger charge is -2.27. The van der Waals surface area contributed by atoms with Crippen LogP contribution in [0.15, 0.2) is 77.4 Å². The van der Waals surface area contributed by atoms with Crippen LogP contribution < -0.4 is 9.64 Å². The predicted octanol–water partition coefficient (Wildman–Crippen LogP) is 5.88. The summed E-state index contributed by atoms with van der Waals surface area (Å²) in [6, 6.07) is 17.8. The molecule has 1 aromatic heterocycles. The third-order valence-electron chi connectivity index (χ3n) is 5.47. The van der Waals surface area contributed by atoms with Crippen LogP contribution in [0.25, 0.3) is 0 Å². The van der Waals surface area contributed by atoms with Crippen molar-refractivity contribution in [1.29, 1.82) is 0 Å². The lowest BCUT2D eigenvalue weighted by atomic mass is 9.94. The zero-order valence-electron chi connectivity index (χ0n) is 18.1. The summed E-state index contributed by atoms with van der Waals surface area (Å²) in [5.41, 5.74) is 2.58. The van der Waals surface area contributed by atoms with E-state index in [9.17, 15) is 14.7 Å². The van der Waals surface area contributed by atoms with Crippen LogP contribution in [0.2, 0.25) is 0 Å². The highest BCUT2D eigenvalue weighted by atomic mass is 32.1. The summed E-state index contributed by atoms with van der Waals surface area (Å²) in [5.74, 6) is -0.805. The van der Waals surface area contributed by atoms with Crippen LogP contribution in [0.4, 0.5) is 5.69 Å². The quantitative estimate of drug-likeness (QED) is 0.438. The monoisotopic (exact) mass is 447 g/mol. The fourth-order valence-corrected chi connectivity index (χ4v) is 4.52. The molecule has 1 atom stereocenters. The molecule has 2 heterocycles. The van der Waals surface area contributed by atoms with Gasteiger partial charge in [-0.15, -0.1) is 11.3 Å². The molecular weight excluding hydrogens is 422 g/mol. The summed E-state index contributed by atoms with van der Waals surface area (Å²) in [7, 11) is 0. The summed E-state index contributed by atoms with van der Waals surface area (Å²) in [6.45, 7) is 4.65. The van der Waals surface area contributed by atoms with E-state index in [1.807, 2.05) is 37.3 Å². The van der Waals surface area contributed by atoms with E-state index < -0.39 is 17.7 Å². The normalized spacial score (nSPS) is 16.0. The highest BCUT2D eigenvalue weighted by Gasteiger charge is 2.44. The summed E-state index contributed by atoms with van der Waals surface area (Å²) in [6.07, 6.45) is 1.74. The summed E-state index contributed by atoms with van der Waals surface area (Å²) in [5, 5.41) is 12.6. The lowest BCUT2D eigenvalue weighted by molar-refractivity contribution is -0.117. The van der Waals surface area contributed by atoms with Crippen LogP contribution in [0.3, 0.4) is 0 Å². The molecule has 6 heteroatoms. The number of aliphatic hydroxyl groups excluding tert-OH is 1. The lowest BCUT2D eigenvalue weighted by Crippen LogP contribution is -2.31. The van der Waals surface area contributed by atoms with Crippen LogP contribution in [-0.4, -0.2) is 23.4 Å². The van der Waals surface area contributed by atoms with E-state index in [4.69, 9.17) is 4.74 Å². The minimum Gasteiger partial charge on any atom is -0.503 e. The molecular formula is C26H25NO4S. The van der Waals surface area contributed by atoms with E-state index in [1.54, 1.807) is 35.7 Å². The molecule has 5 nitrogen and oxygen atoms in total. The van der Waals surface area contributed by atoms with Crippen LogP contribution in [0.1, 0.15) is 47.1 Å². The molecule has 3 aromatic rings. The highest BCUT2D eigenvalue weighted by Crippen LogP contribution is 2.43. The fraction of sp³-hybridized carbons (Fsp3) is 0.231. The Hall–Kier alpha value is -3.38. The first kappa shape index (κ1) is 21.8. The Kier molecular flexibility index (Phi) is 6.42. The van der Waals surface area contributed by atoms with Gasteiger partial charge in [-0.25, -0.2) is 0 Å². The zero-order chi connectivity index (χ0) is 22.7. The largest absolute Gasteiger partial charge is 0.503 e. The van der Waals surface area contributed by atoms with E-state index in [0.29, 0.717) is 22.9 Å². The van der Waals surface area contributed by atoms with Crippen molar-refractivity contribution in [3.05, 3.63) is 93.4 Å². The molecule has 1 unspecified atom stereocenters. The molecule has 1 amide bonds. The standard InChI is InChI=1S/C26H25NO4S/c1-3-14-31-20-8-5-7-19(16-20)27-23(18-12-10-17(4-2)11-13-18)22(25(29)26(27)30)24(28)21-9-6-15-32-21/h5-13,15-16,23,29H,3-4,14H2,1-2H3. The maximum Gasteiger partial charge on any atom is 0.294 e. The number of aryl methyl sites for hydroxylation is 1. The van der Waals surface area contributed by atoms with Crippen molar-refractivity contribution >= 4 is 28.7 Å². The molecule has 1 aliphatic rings. The molecule has 0 fully saturated rings. The zero-order valence-corrected chi connectivity index (χ0v) is 18.9. The van der Waals surface area contributed by atoms with Crippen LogP contribution >= 0.6 is 11.3 Å². The molecule has 0 bridgehead atoms. The molecule has 4 rings (SSSR count). The highest BCUT2D eigenvalue weighted by molar-refractivity contribution is 7.12. The second-order valence-electron chi connectivity index (χ2n) is 7.59. The number of hydrogen-bond donors (Lipinski definition) is 1. The van der Waals surface area contributed by atoms with E-state index in [-0.39, 0.29) is 11.4 Å². The number of thiophene rings is 1. The number of anilines is 1. The summed E-state index contributed by atoms with van der Waals surface area (Å²) >= 11 is 1.29. The maximum atomic E-state index is 13.3. The molecule has 0 saturated carbocycles. The predicted molar refractivity (Wildman–Crippen MR) is 127 cm³/mol. The van der Waals surface area contributed by atoms with E-state index in [0.717, 1.165) is 24.0 Å². The van der Waals surface area contributed by atoms with Gasteiger partial charge in [0.05, 0.1) is 23.1 Å². The molecule has 0 spiro atoms. The average Bonchev–Trinajstić information content (AvgIpc) is 3.45. The number of aliphatic hydroxyl groups is 1. The third-order valence-corrected chi connectivity index (χ3v) is 6.34. The maximum absolute atomic E-state index is 13.3. The van der Waals surface area contributed by atoms with Gasteiger partial charge in [0.1, 0.15) is 5.75 Å². The molecule has 0 saturated heterocycles. The molecule has 1 aliphatic heterocycles. The number of carbonyl (C=O) groups excluding carboxylic acids is 2. The summed E-state index contributed by atoms with van der Waals surface area (Å²) in [4.78, 5) is 28.6. The molecule has 164 valence electrons. The molecule has 1 N–H and O–H groups in total. The van der Waals surface area contributed by atoms with Gasteiger partial charge in [0.15, 0.2) is 5.76 Å². The van der Waals surface area contributed by atoms with Crippen LogP contribution in [0, 0.1) is 0 Å². The van der Waals surface area contributed by atoms with Gasteiger partial charge in [0, 0.05) is 11.8 Å². The van der Waals surface area contributed by atoms with Gasteiger partial charge in [-0.05, 0) is 47.5 Å². The molecule has 0 aliphatic carbocycles. The van der Waals surface area contributed by atoms with Crippen molar-refractivity contribution in [2.45, 2.75) is 32.7 Å². The topological polar surface area (TPSA) is 66.8 Å². The van der Waals surface area contributed by atoms with E-state index >= 15 is 0 Å². The van der Waals surface area contributed by atoms with Gasteiger partial charge in [-0.2, -0.15) is 0 Å². The van der Waals surface area contributed by atoms with E-state index in [2.05, 4.69) is 6.92 Å². The average molecular weight is 448 g/mol. The van der Waals surface area contributed by atoms with Crippen molar-refractivity contribution in [3.63, 3.8) is 0 Å². The Balaban J connectivity index is 1.82. The Morgan fingerprint density at radius 1 is 1.09 bits per heavy atom. The van der Waals surface area contributed by atoms with Crippen LogP contribution in [0.5, 0.6) is 5.75 Å². The van der Waals surface area contributed by atoms with Crippen molar-refractivity contribution in [3.8, 4) is 5.75 Å². The van der Waals surface area contributed by atoms with Gasteiger partial charge >= 0.3 is 0 Å². The Morgan fingerprint density at radius 3 is 2.53 bits per heavy atom. The number of ketones is 1. The molecule has 0 radical (unpaired) electrons. The number of ether oxygens (including phenoxy) is 1. The Morgan fingerprint density at radius 2 is 1.88 bits per heavy atom. The molecule has 32 heavy (non-hydrogen) atoms. The van der Waals surface area contributed by atoms with Gasteiger partial charge in [-0.3, -0.25) is 14.5 Å². The number of rotatable bonds is 8. The second kappa shape index (κ2) is 9.40. The Labute approximate surface area is 191 Å². The third kappa shape index (κ3) is 4.06. The van der Waals surface area contributed by atoms with Gasteiger partial charge in [0.25, 0.3) is 5.91 Å². The van der Waals surface area contributed by atoms with Crippen LogP contribution in [-0.2, 0) is 11.2 Å². The smallest absolute Gasteiger partial charge is 0.294 e. The van der Waals surface area contributed by atoms with Crippen molar-refractivity contribution in [1.82, 2.24) is 0 Å².